The summed E-state index contributed by atoms with van der Waals surface area (Å²) in [6.07, 6.45) is 1.86. The average Bonchev–Trinajstić information content (AvgIpc) is 2.19. The zero-order valence-corrected chi connectivity index (χ0v) is 10.6. The zero-order valence-electron chi connectivity index (χ0n) is 9.01. The lowest BCUT2D eigenvalue weighted by atomic mass is 9.95. The van der Waals surface area contributed by atoms with Crippen LogP contribution in [0.4, 0.5) is 0 Å². The van der Waals surface area contributed by atoms with Gasteiger partial charge in [-0.05, 0) is 41.7 Å². The summed E-state index contributed by atoms with van der Waals surface area (Å²) in [7, 11) is 0. The summed E-state index contributed by atoms with van der Waals surface area (Å²) < 4.78 is 1.03. The Balaban J connectivity index is 3.23. The summed E-state index contributed by atoms with van der Waals surface area (Å²) in [6.45, 7) is 4.10. The van der Waals surface area contributed by atoms with Crippen molar-refractivity contribution < 1.29 is 9.90 Å². The zero-order chi connectivity index (χ0) is 11.4. The van der Waals surface area contributed by atoms with Gasteiger partial charge in [-0.1, -0.05) is 29.8 Å². The normalized spacial score (nSPS) is 10.3. The van der Waals surface area contributed by atoms with Crippen molar-refractivity contribution >= 4 is 21.9 Å². The Hall–Kier alpha value is -0.830. The first-order chi connectivity index (χ1) is 7.08. The molecule has 1 N–H and O–H groups in total. The molecule has 0 radical (unpaired) electrons. The molecule has 0 amide bonds. The van der Waals surface area contributed by atoms with Gasteiger partial charge < -0.3 is 5.11 Å². The third kappa shape index (κ3) is 3.06. The van der Waals surface area contributed by atoms with Crippen LogP contribution in [0.3, 0.4) is 0 Å². The van der Waals surface area contributed by atoms with E-state index in [1.165, 1.54) is 0 Å². The van der Waals surface area contributed by atoms with Crippen molar-refractivity contribution in [2.24, 2.45) is 0 Å². The summed E-state index contributed by atoms with van der Waals surface area (Å²) in [4.78, 5) is 10.8. The van der Waals surface area contributed by atoms with E-state index >= 15 is 0 Å². The Kier molecular flexibility index (Phi) is 4.33. The molecule has 1 aromatic rings. The van der Waals surface area contributed by atoms with Crippen LogP contribution in [0.15, 0.2) is 16.6 Å². The number of benzene rings is 1. The first kappa shape index (κ1) is 12.2. The van der Waals surface area contributed by atoms with Crippen molar-refractivity contribution in [2.45, 2.75) is 33.1 Å². The molecule has 0 aliphatic rings. The number of carboxylic acid groups (broad SMARTS) is 1. The smallest absolute Gasteiger partial charge is 0.307 e. The topological polar surface area (TPSA) is 37.3 Å². The molecule has 0 saturated heterocycles. The van der Waals surface area contributed by atoms with Crippen LogP contribution in [0.5, 0.6) is 0 Å². The van der Waals surface area contributed by atoms with Gasteiger partial charge in [0.15, 0.2) is 0 Å². The summed E-state index contributed by atoms with van der Waals surface area (Å²) in [6, 6.07) is 4.02. The van der Waals surface area contributed by atoms with Crippen LogP contribution in [0.2, 0.25) is 0 Å². The first-order valence-electron chi connectivity index (χ1n) is 5.10. The van der Waals surface area contributed by atoms with E-state index in [-0.39, 0.29) is 6.42 Å². The molecule has 0 heterocycles. The second-order valence-electron chi connectivity index (χ2n) is 3.48. The van der Waals surface area contributed by atoms with Crippen molar-refractivity contribution in [1.29, 1.82) is 0 Å². The predicted octanol–water partition coefficient (Wildman–Crippen LogP) is 3.20. The quantitative estimate of drug-likeness (QED) is 0.913. The van der Waals surface area contributed by atoms with Crippen LogP contribution in [0.1, 0.15) is 30.5 Å². The summed E-state index contributed by atoms with van der Waals surface area (Å²) in [5.74, 6) is -0.762. The van der Waals surface area contributed by atoms with E-state index in [1.54, 1.807) is 0 Å². The van der Waals surface area contributed by atoms with E-state index in [9.17, 15) is 4.79 Å². The molecule has 0 unspecified atom stereocenters. The van der Waals surface area contributed by atoms with Crippen molar-refractivity contribution in [2.75, 3.05) is 0 Å². The number of aryl methyl sites for hydroxylation is 2. The van der Waals surface area contributed by atoms with Gasteiger partial charge in [0.25, 0.3) is 0 Å². The molecule has 2 nitrogen and oxygen atoms in total. The largest absolute Gasteiger partial charge is 0.481 e. The fourth-order valence-corrected chi connectivity index (χ4v) is 2.32. The molecule has 0 fully saturated rings. The molecule has 1 aromatic carbocycles. The Morgan fingerprint density at radius 1 is 1.27 bits per heavy atom. The van der Waals surface area contributed by atoms with Gasteiger partial charge in [0.2, 0.25) is 0 Å². The third-order valence-corrected chi connectivity index (χ3v) is 2.95. The molecular weight excluding hydrogens is 256 g/mol. The first-order valence-corrected chi connectivity index (χ1v) is 5.89. The fourth-order valence-electron chi connectivity index (χ4n) is 1.76. The van der Waals surface area contributed by atoms with Gasteiger partial charge in [-0.25, -0.2) is 0 Å². The van der Waals surface area contributed by atoms with Crippen LogP contribution in [0.25, 0.3) is 0 Å². The Bertz CT molecular complexity index is 347. The maximum Gasteiger partial charge on any atom is 0.307 e. The molecule has 0 saturated carbocycles. The molecular formula is C12H15BrO2. The monoisotopic (exact) mass is 270 g/mol. The summed E-state index contributed by atoms with van der Waals surface area (Å²) in [5.41, 5.74) is 3.24. The minimum Gasteiger partial charge on any atom is -0.481 e. The maximum absolute atomic E-state index is 10.8. The van der Waals surface area contributed by atoms with E-state index in [0.717, 1.165) is 34.0 Å². The molecule has 0 aromatic heterocycles. The molecule has 0 aliphatic heterocycles. The number of hydrogen-bond acceptors (Lipinski definition) is 1. The predicted molar refractivity (Wildman–Crippen MR) is 64.2 cm³/mol. The van der Waals surface area contributed by atoms with Crippen molar-refractivity contribution in [3.05, 3.63) is 33.3 Å². The van der Waals surface area contributed by atoms with Gasteiger partial charge in [-0.2, -0.15) is 0 Å². The van der Waals surface area contributed by atoms with Crippen LogP contribution >= 0.6 is 15.9 Å². The SMILES string of the molecule is CCc1cc(Br)cc(CC)c1CC(=O)O. The van der Waals surface area contributed by atoms with Crippen LogP contribution in [0, 0.1) is 0 Å². The lowest BCUT2D eigenvalue weighted by Gasteiger charge is -2.12. The number of aliphatic carboxylic acids is 1. The molecule has 0 aliphatic carbocycles. The standard InChI is InChI=1S/C12H15BrO2/c1-3-8-5-10(13)6-9(4-2)11(8)7-12(14)15/h5-6H,3-4,7H2,1-2H3,(H,14,15). The van der Waals surface area contributed by atoms with Crippen molar-refractivity contribution in [3.63, 3.8) is 0 Å². The van der Waals surface area contributed by atoms with Gasteiger partial charge in [0.05, 0.1) is 6.42 Å². The maximum atomic E-state index is 10.8. The number of rotatable bonds is 4. The summed E-state index contributed by atoms with van der Waals surface area (Å²) >= 11 is 3.45. The van der Waals surface area contributed by atoms with Gasteiger partial charge in [0.1, 0.15) is 0 Å². The minimum absolute atomic E-state index is 0.125. The number of hydrogen-bond donors (Lipinski definition) is 1. The minimum atomic E-state index is -0.762. The molecule has 0 spiro atoms. The van der Waals surface area contributed by atoms with E-state index in [4.69, 9.17) is 5.11 Å². The number of carbonyl (C=O) groups is 1. The second kappa shape index (κ2) is 5.31. The fraction of sp³-hybridized carbons (Fsp3) is 0.417. The van der Waals surface area contributed by atoms with Gasteiger partial charge in [-0.3, -0.25) is 4.79 Å². The van der Waals surface area contributed by atoms with E-state index in [0.29, 0.717) is 0 Å². The van der Waals surface area contributed by atoms with Gasteiger partial charge in [-0.15, -0.1) is 0 Å². The lowest BCUT2D eigenvalue weighted by molar-refractivity contribution is -0.136. The van der Waals surface area contributed by atoms with E-state index in [2.05, 4.69) is 15.9 Å². The van der Waals surface area contributed by atoms with Crippen molar-refractivity contribution in [1.82, 2.24) is 0 Å². The highest BCUT2D eigenvalue weighted by atomic mass is 79.9. The van der Waals surface area contributed by atoms with E-state index < -0.39 is 5.97 Å². The molecule has 15 heavy (non-hydrogen) atoms. The Morgan fingerprint density at radius 2 is 1.73 bits per heavy atom. The lowest BCUT2D eigenvalue weighted by Crippen LogP contribution is -2.07. The van der Waals surface area contributed by atoms with Crippen molar-refractivity contribution in [3.8, 4) is 0 Å². The van der Waals surface area contributed by atoms with Crippen LogP contribution in [-0.4, -0.2) is 11.1 Å². The summed E-state index contributed by atoms with van der Waals surface area (Å²) in [5, 5.41) is 8.86. The molecule has 82 valence electrons. The average molecular weight is 271 g/mol. The van der Waals surface area contributed by atoms with Crippen LogP contribution < -0.4 is 0 Å². The Labute approximate surface area is 98.4 Å². The molecule has 0 bridgehead atoms. The molecule has 0 atom stereocenters. The molecule has 1 rings (SSSR count). The highest BCUT2D eigenvalue weighted by molar-refractivity contribution is 9.10. The Morgan fingerprint density at radius 3 is 2.07 bits per heavy atom. The number of halogens is 1. The highest BCUT2D eigenvalue weighted by Gasteiger charge is 2.11. The third-order valence-electron chi connectivity index (χ3n) is 2.49. The van der Waals surface area contributed by atoms with Gasteiger partial charge >= 0.3 is 5.97 Å². The highest BCUT2D eigenvalue weighted by Crippen LogP contribution is 2.23. The van der Waals surface area contributed by atoms with Gasteiger partial charge in [0, 0.05) is 4.47 Å². The van der Waals surface area contributed by atoms with E-state index in [1.807, 2.05) is 26.0 Å². The molecule has 3 heteroatoms. The van der Waals surface area contributed by atoms with Crippen LogP contribution in [-0.2, 0) is 24.1 Å². The second-order valence-corrected chi connectivity index (χ2v) is 4.40. The number of carboxylic acids is 1.